The van der Waals surface area contributed by atoms with Gasteiger partial charge in [0, 0.05) is 0 Å². The molecule has 0 radical (unpaired) electrons. The summed E-state index contributed by atoms with van der Waals surface area (Å²) in [6, 6.07) is 14.5. The second kappa shape index (κ2) is 6.90. The maximum atomic E-state index is 12.0. The average Bonchev–Trinajstić information content (AvgIpc) is 2.50. The molecule has 0 spiro atoms. The van der Waals surface area contributed by atoms with E-state index in [1.54, 1.807) is 25.1 Å². The van der Waals surface area contributed by atoms with Crippen molar-refractivity contribution in [3.05, 3.63) is 59.7 Å². The third-order valence-electron chi connectivity index (χ3n) is 3.42. The van der Waals surface area contributed by atoms with Crippen LogP contribution in [-0.2, 0) is 11.2 Å². The highest BCUT2D eigenvalue weighted by Crippen LogP contribution is 2.26. The van der Waals surface area contributed by atoms with Gasteiger partial charge in [0.15, 0.2) is 0 Å². The van der Waals surface area contributed by atoms with Crippen LogP contribution in [0.3, 0.4) is 0 Å². The molecule has 2 rings (SSSR count). The highest BCUT2D eigenvalue weighted by atomic mass is 16.3. The minimum Gasteiger partial charge on any atom is -0.505 e. The van der Waals surface area contributed by atoms with Gasteiger partial charge in [0.05, 0.1) is 11.7 Å². The molecule has 0 aliphatic rings. The van der Waals surface area contributed by atoms with Gasteiger partial charge in [0.2, 0.25) is 5.91 Å². The van der Waals surface area contributed by atoms with Gasteiger partial charge in [-0.05, 0) is 37.0 Å². The van der Waals surface area contributed by atoms with E-state index in [-0.39, 0.29) is 11.7 Å². The first-order chi connectivity index (χ1) is 10.1. The summed E-state index contributed by atoms with van der Waals surface area (Å²) in [6.45, 7) is 1.78. The number of nitrogens with one attached hydrogen (secondary N) is 1. The lowest BCUT2D eigenvalue weighted by molar-refractivity contribution is -0.117. The zero-order valence-electron chi connectivity index (χ0n) is 12.0. The van der Waals surface area contributed by atoms with Crippen molar-refractivity contribution in [3.8, 4) is 5.75 Å². The van der Waals surface area contributed by atoms with Crippen molar-refractivity contribution >= 4 is 11.6 Å². The number of hydrogen-bond acceptors (Lipinski definition) is 3. The monoisotopic (exact) mass is 284 g/mol. The van der Waals surface area contributed by atoms with Crippen molar-refractivity contribution in [3.63, 3.8) is 0 Å². The molecule has 4 N–H and O–H groups in total. The minimum absolute atomic E-state index is 0.0844. The molecule has 4 heteroatoms. The van der Waals surface area contributed by atoms with E-state index in [0.29, 0.717) is 17.7 Å². The Labute approximate surface area is 124 Å². The molecule has 1 atom stereocenters. The summed E-state index contributed by atoms with van der Waals surface area (Å²) in [5.41, 5.74) is 8.17. The van der Waals surface area contributed by atoms with E-state index >= 15 is 0 Å². The summed E-state index contributed by atoms with van der Waals surface area (Å²) in [7, 11) is 0. The van der Waals surface area contributed by atoms with E-state index in [1.165, 1.54) is 0 Å². The number of amides is 1. The van der Waals surface area contributed by atoms with Crippen molar-refractivity contribution in [1.82, 2.24) is 0 Å². The molecule has 0 saturated heterocycles. The average molecular weight is 284 g/mol. The lowest BCUT2D eigenvalue weighted by atomic mass is 10.1. The van der Waals surface area contributed by atoms with E-state index in [2.05, 4.69) is 5.32 Å². The van der Waals surface area contributed by atoms with Gasteiger partial charge in [-0.15, -0.1) is 0 Å². The van der Waals surface area contributed by atoms with Gasteiger partial charge < -0.3 is 16.2 Å². The van der Waals surface area contributed by atoms with Gasteiger partial charge in [-0.1, -0.05) is 42.5 Å². The Morgan fingerprint density at radius 1 is 1.19 bits per heavy atom. The smallest absolute Gasteiger partial charge is 0.241 e. The molecule has 2 aromatic carbocycles. The Morgan fingerprint density at radius 2 is 1.90 bits per heavy atom. The van der Waals surface area contributed by atoms with Crippen LogP contribution >= 0.6 is 0 Å². The topological polar surface area (TPSA) is 75.4 Å². The maximum absolute atomic E-state index is 12.0. The van der Waals surface area contributed by atoms with Gasteiger partial charge in [0.25, 0.3) is 0 Å². The third-order valence-corrected chi connectivity index (χ3v) is 3.42. The summed E-state index contributed by atoms with van der Waals surface area (Å²) in [4.78, 5) is 12.0. The van der Waals surface area contributed by atoms with Crippen molar-refractivity contribution in [1.29, 1.82) is 0 Å². The molecular formula is C17H20N2O2. The summed E-state index contributed by atoms with van der Waals surface area (Å²) < 4.78 is 0. The Kier molecular flexibility index (Phi) is 4.95. The minimum atomic E-state index is -0.606. The number of nitrogens with two attached hydrogens (primary N) is 1. The van der Waals surface area contributed by atoms with Crippen LogP contribution in [-0.4, -0.2) is 17.1 Å². The van der Waals surface area contributed by atoms with Gasteiger partial charge in [0.1, 0.15) is 5.75 Å². The number of anilines is 1. The van der Waals surface area contributed by atoms with Gasteiger partial charge in [-0.3, -0.25) is 4.79 Å². The van der Waals surface area contributed by atoms with E-state index in [9.17, 15) is 9.90 Å². The number of benzene rings is 2. The predicted molar refractivity (Wildman–Crippen MR) is 84.2 cm³/mol. The largest absolute Gasteiger partial charge is 0.505 e. The summed E-state index contributed by atoms with van der Waals surface area (Å²) in [6.07, 6.45) is 1.30. The van der Waals surface area contributed by atoms with E-state index < -0.39 is 6.04 Å². The first-order valence-electron chi connectivity index (χ1n) is 6.97. The Hall–Kier alpha value is -2.33. The van der Waals surface area contributed by atoms with Crippen LogP contribution in [0.25, 0.3) is 0 Å². The number of carbonyl (C=O) groups is 1. The standard InChI is InChI=1S/C17H20N2O2/c1-12-6-5-9-15(16(12)20)19-17(21)14(18)11-10-13-7-3-2-4-8-13/h2-9,14,20H,10-11,18H2,1H3,(H,19,21)/t14-/m0/s1. The molecule has 21 heavy (non-hydrogen) atoms. The second-order valence-electron chi connectivity index (χ2n) is 5.09. The number of rotatable bonds is 5. The molecule has 4 nitrogen and oxygen atoms in total. The molecule has 0 saturated carbocycles. The molecule has 0 aliphatic heterocycles. The van der Waals surface area contributed by atoms with Crippen LogP contribution in [0.4, 0.5) is 5.69 Å². The van der Waals surface area contributed by atoms with Gasteiger partial charge in [-0.2, -0.15) is 0 Å². The van der Waals surface area contributed by atoms with Crippen LogP contribution in [0.5, 0.6) is 5.75 Å². The predicted octanol–water partition coefficient (Wildman–Crippen LogP) is 2.60. The zero-order chi connectivity index (χ0) is 15.2. The molecule has 0 fully saturated rings. The number of aromatic hydroxyl groups is 1. The Bertz CT molecular complexity index is 611. The fraction of sp³-hybridized carbons (Fsp3) is 0.235. The van der Waals surface area contributed by atoms with Crippen LogP contribution < -0.4 is 11.1 Å². The fourth-order valence-electron chi connectivity index (χ4n) is 2.08. The highest BCUT2D eigenvalue weighted by Gasteiger charge is 2.15. The van der Waals surface area contributed by atoms with Crippen molar-refractivity contribution in [2.75, 3.05) is 5.32 Å². The number of para-hydroxylation sites is 1. The summed E-state index contributed by atoms with van der Waals surface area (Å²) in [5, 5.41) is 12.6. The molecular weight excluding hydrogens is 264 g/mol. The van der Waals surface area contributed by atoms with Crippen LogP contribution in [0.1, 0.15) is 17.5 Å². The summed E-state index contributed by atoms with van der Waals surface area (Å²) in [5.74, 6) is -0.201. The quantitative estimate of drug-likeness (QED) is 0.739. The number of phenolic OH excluding ortho intramolecular Hbond substituents is 1. The van der Waals surface area contributed by atoms with E-state index in [4.69, 9.17) is 5.73 Å². The first kappa shape index (κ1) is 15.1. The Morgan fingerprint density at radius 3 is 2.62 bits per heavy atom. The van der Waals surface area contributed by atoms with Crippen LogP contribution in [0, 0.1) is 6.92 Å². The van der Waals surface area contributed by atoms with Crippen LogP contribution in [0.15, 0.2) is 48.5 Å². The van der Waals surface area contributed by atoms with Crippen molar-refractivity contribution in [2.45, 2.75) is 25.8 Å². The van der Waals surface area contributed by atoms with E-state index in [1.807, 2.05) is 30.3 Å². The van der Waals surface area contributed by atoms with Gasteiger partial charge in [-0.25, -0.2) is 0 Å². The molecule has 2 aromatic rings. The van der Waals surface area contributed by atoms with Crippen LogP contribution in [0.2, 0.25) is 0 Å². The fourth-order valence-corrected chi connectivity index (χ4v) is 2.08. The van der Waals surface area contributed by atoms with Crippen molar-refractivity contribution < 1.29 is 9.90 Å². The Balaban J connectivity index is 1.92. The molecule has 0 aromatic heterocycles. The molecule has 0 heterocycles. The molecule has 0 aliphatic carbocycles. The lowest BCUT2D eigenvalue weighted by Gasteiger charge is -2.14. The SMILES string of the molecule is Cc1cccc(NC(=O)[C@@H](N)CCc2ccccc2)c1O. The van der Waals surface area contributed by atoms with Crippen molar-refractivity contribution in [2.24, 2.45) is 5.73 Å². The number of phenols is 1. The number of carbonyl (C=O) groups excluding carboxylic acids is 1. The summed E-state index contributed by atoms with van der Waals surface area (Å²) >= 11 is 0. The lowest BCUT2D eigenvalue weighted by Crippen LogP contribution is -2.36. The zero-order valence-corrected chi connectivity index (χ0v) is 12.0. The normalized spacial score (nSPS) is 11.9. The molecule has 0 unspecified atom stereocenters. The van der Waals surface area contributed by atoms with Gasteiger partial charge >= 0.3 is 0 Å². The molecule has 110 valence electrons. The molecule has 0 bridgehead atoms. The number of hydrogen-bond donors (Lipinski definition) is 3. The highest BCUT2D eigenvalue weighted by molar-refractivity contribution is 5.96. The first-order valence-corrected chi connectivity index (χ1v) is 6.97. The number of aryl methyl sites for hydroxylation is 2. The third kappa shape index (κ3) is 4.07. The second-order valence-corrected chi connectivity index (χ2v) is 5.09. The van der Waals surface area contributed by atoms with E-state index in [0.717, 1.165) is 12.0 Å². The molecule has 1 amide bonds. The maximum Gasteiger partial charge on any atom is 0.241 e.